The number of carbonyl (C=O) groups is 2. The van der Waals surface area contributed by atoms with Crippen molar-refractivity contribution in [2.24, 2.45) is 11.3 Å². The van der Waals surface area contributed by atoms with Crippen LogP contribution in [0.25, 0.3) is 22.4 Å². The molecule has 0 spiro atoms. The largest absolute Gasteiger partial charge is 0.504 e. The van der Waals surface area contributed by atoms with E-state index < -0.39 is 5.91 Å². The first-order chi connectivity index (χ1) is 23.4. The van der Waals surface area contributed by atoms with Crippen molar-refractivity contribution in [3.05, 3.63) is 63.1 Å². The van der Waals surface area contributed by atoms with Crippen LogP contribution >= 0.6 is 0 Å². The number of hydrogen-bond acceptors (Lipinski definition) is 10. The van der Waals surface area contributed by atoms with Gasteiger partial charge >= 0.3 is 0 Å². The fourth-order valence-electron chi connectivity index (χ4n) is 8.04. The van der Waals surface area contributed by atoms with E-state index in [2.05, 4.69) is 39.2 Å². The number of methoxy groups -OCH3 is 1. The monoisotopic (exact) mass is 667 g/mol. The summed E-state index contributed by atoms with van der Waals surface area (Å²) in [6.45, 7) is 10.5. The first-order valence-electron chi connectivity index (χ1n) is 16.7. The quantitative estimate of drug-likeness (QED) is 0.270. The van der Waals surface area contributed by atoms with Crippen LogP contribution in [-0.4, -0.2) is 82.1 Å². The Balaban J connectivity index is 1.29. The van der Waals surface area contributed by atoms with E-state index >= 15 is 0 Å². The molecule has 0 atom stereocenters. The van der Waals surface area contributed by atoms with E-state index in [1.54, 1.807) is 30.2 Å². The first-order valence-corrected chi connectivity index (χ1v) is 16.7. The minimum absolute atomic E-state index is 0.0228. The lowest BCUT2D eigenvalue weighted by molar-refractivity contribution is -0.187. The third-order valence-corrected chi connectivity index (χ3v) is 10.8. The summed E-state index contributed by atoms with van der Waals surface area (Å²) < 4.78 is 7.12. The van der Waals surface area contributed by atoms with Crippen LogP contribution in [0.15, 0.2) is 35.0 Å². The Morgan fingerprint density at radius 2 is 1.88 bits per heavy atom. The van der Waals surface area contributed by atoms with Gasteiger partial charge in [0.05, 0.1) is 18.5 Å². The van der Waals surface area contributed by atoms with Crippen LogP contribution in [-0.2, 0) is 17.8 Å². The van der Waals surface area contributed by atoms with Gasteiger partial charge in [0.2, 0.25) is 17.2 Å². The number of amides is 2. The minimum atomic E-state index is -0.412. The van der Waals surface area contributed by atoms with Crippen LogP contribution in [0.3, 0.4) is 0 Å². The number of pyridine rings is 2. The van der Waals surface area contributed by atoms with Crippen LogP contribution in [0.2, 0.25) is 0 Å². The lowest BCUT2D eigenvalue weighted by Crippen LogP contribution is -2.76. The molecule has 3 aliphatic carbocycles. The molecule has 4 aromatic heterocycles. The molecule has 49 heavy (non-hydrogen) atoms. The maximum atomic E-state index is 14.4. The van der Waals surface area contributed by atoms with E-state index in [0.717, 1.165) is 30.4 Å². The highest BCUT2D eigenvalue weighted by molar-refractivity contribution is 5.96. The highest BCUT2D eigenvalue weighted by Gasteiger charge is 2.69. The predicted octanol–water partition coefficient (Wildman–Crippen LogP) is 3.37. The van der Waals surface area contributed by atoms with Gasteiger partial charge in [-0.05, 0) is 74.5 Å². The number of carbonyl (C=O) groups excluding carboxylic acids is 2. The van der Waals surface area contributed by atoms with Gasteiger partial charge in [0.1, 0.15) is 12.9 Å². The van der Waals surface area contributed by atoms with Gasteiger partial charge in [-0.3, -0.25) is 14.4 Å². The molecule has 0 radical (unpaired) electrons. The molecular weight excluding hydrogens is 626 g/mol. The summed E-state index contributed by atoms with van der Waals surface area (Å²) in [6, 6.07) is 3.39. The van der Waals surface area contributed by atoms with Crippen LogP contribution < -0.4 is 15.5 Å². The SMILES string of the molecule is CCc1c(C2=C(C)CN(C(=O)c3ncnc(C)c3O)CC2)c(=O)c2nn(-c3ccnc(OC)c3)nc2n1CC(=O)NC12CC(C(C)C)(C1)C2. The highest BCUT2D eigenvalue weighted by Crippen LogP contribution is 2.70. The number of aryl methyl sites for hydroxylation is 1. The average molecular weight is 668 g/mol. The zero-order chi connectivity index (χ0) is 34.8. The van der Waals surface area contributed by atoms with E-state index in [1.165, 1.54) is 18.2 Å². The molecule has 2 bridgehead atoms. The second kappa shape index (κ2) is 11.8. The molecule has 14 heteroatoms. The summed E-state index contributed by atoms with van der Waals surface area (Å²) in [5.74, 6) is 0.163. The van der Waals surface area contributed by atoms with Gasteiger partial charge in [0.25, 0.3) is 5.91 Å². The van der Waals surface area contributed by atoms with Crippen LogP contribution in [0, 0.1) is 18.3 Å². The van der Waals surface area contributed by atoms with Gasteiger partial charge in [0, 0.05) is 42.1 Å². The number of rotatable bonds is 9. The topological polar surface area (TPSA) is 170 Å². The Bertz CT molecular complexity index is 2090. The van der Waals surface area contributed by atoms with Gasteiger partial charge in [-0.2, -0.15) is 0 Å². The molecule has 0 aromatic carbocycles. The normalized spacial score (nSPS) is 21.5. The van der Waals surface area contributed by atoms with E-state index in [4.69, 9.17) is 9.84 Å². The molecule has 0 saturated heterocycles. The maximum absolute atomic E-state index is 14.4. The average Bonchev–Trinajstić information content (AvgIpc) is 3.50. The Morgan fingerprint density at radius 1 is 1.12 bits per heavy atom. The lowest BCUT2D eigenvalue weighted by Gasteiger charge is -2.72. The second-order valence-corrected chi connectivity index (χ2v) is 14.1. The van der Waals surface area contributed by atoms with Crippen molar-refractivity contribution in [1.29, 1.82) is 0 Å². The standard InChI is InChI=1S/C35H41N9O5/c1-7-24-27(23-9-11-42(13-20(23)4)33(48)29-30(46)21(5)37-18-38-29)31(47)28-32(41-44(40-28)22-8-10-36-26(12-22)49-6)43(24)14-25(45)39-35-15-34(16-35,17-35)19(2)3/h8,10,12,18-19,46H,7,9,11,13-17H2,1-6H3,(H,39,45). The van der Waals surface area contributed by atoms with Crippen LogP contribution in [0.5, 0.6) is 11.6 Å². The van der Waals surface area contributed by atoms with Gasteiger partial charge in [-0.15, -0.1) is 15.0 Å². The number of aromatic hydroxyl groups is 1. The summed E-state index contributed by atoms with van der Waals surface area (Å²) in [5, 5.41) is 23.2. The smallest absolute Gasteiger partial charge is 0.276 e. The lowest BCUT2D eigenvalue weighted by atomic mass is 9.36. The fraction of sp³-hybridized carbons (Fsp3) is 0.486. The van der Waals surface area contributed by atoms with Gasteiger partial charge in [-0.25, -0.2) is 15.0 Å². The highest BCUT2D eigenvalue weighted by atomic mass is 16.5. The van der Waals surface area contributed by atoms with Crippen molar-refractivity contribution in [2.45, 2.75) is 78.8 Å². The van der Waals surface area contributed by atoms with Crippen molar-refractivity contribution < 1.29 is 19.4 Å². The number of hydrogen-bond donors (Lipinski definition) is 2. The van der Waals surface area contributed by atoms with Crippen molar-refractivity contribution in [1.82, 2.24) is 44.7 Å². The van der Waals surface area contributed by atoms with E-state index in [1.807, 2.05) is 18.4 Å². The molecule has 2 amide bonds. The molecule has 4 aliphatic rings. The Labute approximate surface area is 283 Å². The molecule has 0 unspecified atom stereocenters. The van der Waals surface area contributed by atoms with E-state index in [-0.39, 0.29) is 46.9 Å². The van der Waals surface area contributed by atoms with Crippen LogP contribution in [0.4, 0.5) is 0 Å². The summed E-state index contributed by atoms with van der Waals surface area (Å²) >= 11 is 0. The molecule has 1 aliphatic heterocycles. The fourth-order valence-corrected chi connectivity index (χ4v) is 8.04. The third-order valence-electron chi connectivity index (χ3n) is 10.8. The molecule has 3 saturated carbocycles. The first kappa shape index (κ1) is 32.4. The minimum Gasteiger partial charge on any atom is -0.504 e. The number of nitrogens with zero attached hydrogens (tertiary/aromatic N) is 8. The molecule has 8 rings (SSSR count). The summed E-state index contributed by atoms with van der Waals surface area (Å²) in [7, 11) is 1.52. The molecule has 14 nitrogen and oxygen atoms in total. The second-order valence-electron chi connectivity index (χ2n) is 14.1. The number of fused-ring (bicyclic) bond motifs is 1. The van der Waals surface area contributed by atoms with Gasteiger partial charge < -0.3 is 24.6 Å². The molecule has 4 aromatic rings. The zero-order valence-corrected chi connectivity index (χ0v) is 28.7. The van der Waals surface area contributed by atoms with Gasteiger partial charge in [0.15, 0.2) is 22.6 Å². The Kier molecular flexibility index (Phi) is 7.79. The summed E-state index contributed by atoms with van der Waals surface area (Å²) in [4.78, 5) is 56.7. The molecular formula is C35H41N9O5. The zero-order valence-electron chi connectivity index (χ0n) is 28.7. The van der Waals surface area contributed by atoms with Crippen molar-refractivity contribution in [2.75, 3.05) is 20.2 Å². The van der Waals surface area contributed by atoms with Crippen molar-refractivity contribution in [3.63, 3.8) is 0 Å². The third kappa shape index (κ3) is 5.24. The maximum Gasteiger partial charge on any atom is 0.276 e. The van der Waals surface area contributed by atoms with E-state index in [0.29, 0.717) is 64.9 Å². The molecule has 256 valence electrons. The van der Waals surface area contributed by atoms with Crippen LogP contribution in [0.1, 0.15) is 80.8 Å². The molecule has 5 heterocycles. The number of nitrogens with one attached hydrogen (secondary N) is 1. The van der Waals surface area contributed by atoms with Crippen molar-refractivity contribution in [3.8, 4) is 17.3 Å². The Morgan fingerprint density at radius 3 is 2.55 bits per heavy atom. The number of ether oxygens (including phenoxy) is 1. The van der Waals surface area contributed by atoms with Crippen molar-refractivity contribution >= 4 is 28.6 Å². The predicted molar refractivity (Wildman–Crippen MR) is 180 cm³/mol. The molecule has 2 N–H and O–H groups in total. The van der Waals surface area contributed by atoms with E-state index in [9.17, 15) is 19.5 Å². The summed E-state index contributed by atoms with van der Waals surface area (Å²) in [6.07, 6.45) is 6.64. The number of aromatic nitrogens is 7. The Hall–Kier alpha value is -5.14. The van der Waals surface area contributed by atoms with Gasteiger partial charge in [-0.1, -0.05) is 20.8 Å². The molecule has 3 fully saturated rings. The summed E-state index contributed by atoms with van der Waals surface area (Å²) in [5.41, 5.74) is 3.96.